The minimum Gasteiger partial charge on any atom is -0.484 e. The van der Waals surface area contributed by atoms with Gasteiger partial charge in [0, 0.05) is 30.7 Å². The summed E-state index contributed by atoms with van der Waals surface area (Å²) < 4.78 is 18.6. The lowest BCUT2D eigenvalue weighted by Crippen LogP contribution is -2.39. The molecule has 0 atom stereocenters. The predicted molar refractivity (Wildman–Crippen MR) is 99.4 cm³/mol. The molecule has 26 heavy (non-hydrogen) atoms. The summed E-state index contributed by atoms with van der Waals surface area (Å²) in [6.07, 6.45) is 0. The van der Waals surface area contributed by atoms with E-state index >= 15 is 0 Å². The molecule has 0 aliphatic heterocycles. The molecular formula is C18H17Cl2FN2O3. The number of nitrogens with one attached hydrogen (secondary N) is 1. The van der Waals surface area contributed by atoms with Crippen molar-refractivity contribution in [2.45, 2.75) is 6.92 Å². The largest absolute Gasteiger partial charge is 0.484 e. The predicted octanol–water partition coefficient (Wildman–Crippen LogP) is 3.68. The first-order valence-electron chi connectivity index (χ1n) is 7.75. The van der Waals surface area contributed by atoms with E-state index in [1.54, 1.807) is 24.3 Å². The van der Waals surface area contributed by atoms with Gasteiger partial charge in [-0.1, -0.05) is 23.2 Å². The zero-order valence-corrected chi connectivity index (χ0v) is 15.5. The first kappa shape index (κ1) is 20.0. The third-order valence-electron chi connectivity index (χ3n) is 3.44. The molecule has 0 saturated heterocycles. The van der Waals surface area contributed by atoms with Crippen molar-refractivity contribution in [3.63, 3.8) is 0 Å². The Balaban J connectivity index is 1.83. The third kappa shape index (κ3) is 5.89. The Bertz CT molecular complexity index is 785. The van der Waals surface area contributed by atoms with Crippen LogP contribution in [0, 0.1) is 5.82 Å². The van der Waals surface area contributed by atoms with E-state index in [2.05, 4.69) is 5.32 Å². The van der Waals surface area contributed by atoms with E-state index < -0.39 is 5.82 Å². The van der Waals surface area contributed by atoms with Gasteiger partial charge in [-0.25, -0.2) is 4.39 Å². The molecule has 2 amide bonds. The highest BCUT2D eigenvalue weighted by molar-refractivity contribution is 6.31. The number of carbonyl (C=O) groups excluding carboxylic acids is 2. The van der Waals surface area contributed by atoms with Gasteiger partial charge in [-0.05, 0) is 42.5 Å². The molecule has 2 aromatic carbocycles. The minimum atomic E-state index is -0.563. The molecule has 5 nitrogen and oxygen atoms in total. The number of ether oxygens (including phenoxy) is 1. The topological polar surface area (TPSA) is 58.6 Å². The molecule has 8 heteroatoms. The number of rotatable bonds is 7. The van der Waals surface area contributed by atoms with Gasteiger partial charge in [0.15, 0.2) is 6.61 Å². The summed E-state index contributed by atoms with van der Waals surface area (Å²) in [7, 11) is 0. The van der Waals surface area contributed by atoms with Crippen LogP contribution in [0.15, 0.2) is 42.5 Å². The van der Waals surface area contributed by atoms with Gasteiger partial charge in [-0.2, -0.15) is 0 Å². The Labute approximate surface area is 160 Å². The van der Waals surface area contributed by atoms with E-state index in [1.165, 1.54) is 30.0 Å². The van der Waals surface area contributed by atoms with E-state index in [0.29, 0.717) is 16.5 Å². The van der Waals surface area contributed by atoms with Gasteiger partial charge in [0.1, 0.15) is 11.6 Å². The van der Waals surface area contributed by atoms with E-state index in [-0.39, 0.29) is 36.5 Å². The standard InChI is InChI=1S/C18H17Cl2FN2O3/c1-12(24)23(14-4-7-17(21)16(20)10-14)9-8-22-18(25)11-26-15-5-2-13(19)3-6-15/h2-7,10H,8-9,11H2,1H3,(H,22,25). The van der Waals surface area contributed by atoms with Gasteiger partial charge < -0.3 is 15.0 Å². The van der Waals surface area contributed by atoms with Crippen molar-refractivity contribution in [2.75, 3.05) is 24.6 Å². The molecule has 2 aromatic rings. The van der Waals surface area contributed by atoms with Crippen LogP contribution in [-0.4, -0.2) is 31.5 Å². The number of carbonyl (C=O) groups is 2. The molecule has 0 radical (unpaired) electrons. The number of benzene rings is 2. The number of hydrogen-bond acceptors (Lipinski definition) is 3. The number of hydrogen-bond donors (Lipinski definition) is 1. The van der Waals surface area contributed by atoms with Crippen LogP contribution in [0.3, 0.4) is 0 Å². The van der Waals surface area contributed by atoms with Crippen molar-refractivity contribution in [2.24, 2.45) is 0 Å². The Morgan fingerprint density at radius 1 is 1.15 bits per heavy atom. The summed E-state index contributed by atoms with van der Waals surface area (Å²) in [5, 5.41) is 3.16. The van der Waals surface area contributed by atoms with E-state index in [4.69, 9.17) is 27.9 Å². The lowest BCUT2D eigenvalue weighted by atomic mass is 10.2. The van der Waals surface area contributed by atoms with Crippen LogP contribution >= 0.6 is 23.2 Å². The summed E-state index contributed by atoms with van der Waals surface area (Å²) in [5.74, 6) is -0.623. The van der Waals surface area contributed by atoms with Crippen LogP contribution in [0.5, 0.6) is 5.75 Å². The fourth-order valence-corrected chi connectivity index (χ4v) is 2.46. The zero-order valence-electron chi connectivity index (χ0n) is 14.0. The summed E-state index contributed by atoms with van der Waals surface area (Å²) in [4.78, 5) is 25.0. The van der Waals surface area contributed by atoms with E-state index in [0.717, 1.165) is 0 Å². The molecule has 0 spiro atoms. The van der Waals surface area contributed by atoms with Crippen molar-refractivity contribution in [1.82, 2.24) is 5.32 Å². The highest BCUT2D eigenvalue weighted by Crippen LogP contribution is 2.22. The van der Waals surface area contributed by atoms with Crippen LogP contribution in [0.1, 0.15) is 6.92 Å². The molecule has 2 rings (SSSR count). The average molecular weight is 399 g/mol. The summed E-state index contributed by atoms with van der Waals surface area (Å²) in [6, 6.07) is 10.6. The third-order valence-corrected chi connectivity index (χ3v) is 3.98. The molecule has 0 heterocycles. The fraction of sp³-hybridized carbons (Fsp3) is 0.222. The molecule has 0 aliphatic rings. The van der Waals surface area contributed by atoms with Gasteiger partial charge in [0.05, 0.1) is 5.02 Å². The maximum absolute atomic E-state index is 13.3. The molecule has 0 aliphatic carbocycles. The quantitative estimate of drug-likeness (QED) is 0.773. The maximum atomic E-state index is 13.3. The van der Waals surface area contributed by atoms with Crippen molar-refractivity contribution in [3.05, 3.63) is 58.3 Å². The van der Waals surface area contributed by atoms with Crippen LogP contribution in [0.2, 0.25) is 10.0 Å². The summed E-state index contributed by atoms with van der Waals surface area (Å²) in [5.41, 5.74) is 0.454. The molecule has 1 N–H and O–H groups in total. The van der Waals surface area contributed by atoms with Crippen molar-refractivity contribution < 1.29 is 18.7 Å². The zero-order chi connectivity index (χ0) is 19.1. The summed E-state index contributed by atoms with van der Waals surface area (Å²) in [6.45, 7) is 1.63. The van der Waals surface area contributed by atoms with E-state index in [9.17, 15) is 14.0 Å². The van der Waals surface area contributed by atoms with Crippen molar-refractivity contribution in [3.8, 4) is 5.75 Å². The normalized spacial score (nSPS) is 10.3. The first-order valence-corrected chi connectivity index (χ1v) is 8.50. The van der Waals surface area contributed by atoms with Crippen LogP contribution < -0.4 is 15.0 Å². The molecular weight excluding hydrogens is 382 g/mol. The van der Waals surface area contributed by atoms with Gasteiger partial charge >= 0.3 is 0 Å². The van der Waals surface area contributed by atoms with Gasteiger partial charge in [0.2, 0.25) is 5.91 Å². The molecule has 138 valence electrons. The van der Waals surface area contributed by atoms with Crippen molar-refractivity contribution >= 4 is 40.7 Å². The Kier molecular flexibility index (Phi) is 7.24. The molecule has 0 unspecified atom stereocenters. The number of halogens is 3. The molecule has 0 fully saturated rings. The second kappa shape index (κ2) is 9.40. The van der Waals surface area contributed by atoms with E-state index in [1.807, 2.05) is 0 Å². The molecule has 0 aromatic heterocycles. The maximum Gasteiger partial charge on any atom is 0.258 e. The number of anilines is 1. The minimum absolute atomic E-state index is 0.0749. The second-order valence-electron chi connectivity index (χ2n) is 5.36. The molecule has 0 bridgehead atoms. The highest BCUT2D eigenvalue weighted by Gasteiger charge is 2.13. The lowest BCUT2D eigenvalue weighted by molar-refractivity contribution is -0.123. The van der Waals surface area contributed by atoms with Gasteiger partial charge in [0.25, 0.3) is 5.91 Å². The van der Waals surface area contributed by atoms with Crippen LogP contribution in [-0.2, 0) is 9.59 Å². The monoisotopic (exact) mass is 398 g/mol. The first-order chi connectivity index (χ1) is 12.4. The smallest absolute Gasteiger partial charge is 0.258 e. The number of amides is 2. The average Bonchev–Trinajstić information content (AvgIpc) is 2.60. The SMILES string of the molecule is CC(=O)N(CCNC(=O)COc1ccc(Cl)cc1)c1ccc(F)c(Cl)c1. The Morgan fingerprint density at radius 3 is 2.46 bits per heavy atom. The van der Waals surface area contributed by atoms with Crippen molar-refractivity contribution in [1.29, 1.82) is 0 Å². The Hall–Kier alpha value is -2.31. The second-order valence-corrected chi connectivity index (χ2v) is 6.21. The fourth-order valence-electron chi connectivity index (χ4n) is 2.16. The molecule has 0 saturated carbocycles. The number of nitrogens with zero attached hydrogens (tertiary/aromatic N) is 1. The summed E-state index contributed by atoms with van der Waals surface area (Å²) >= 11 is 11.5. The highest BCUT2D eigenvalue weighted by atomic mass is 35.5. The van der Waals surface area contributed by atoms with Gasteiger partial charge in [-0.15, -0.1) is 0 Å². The van der Waals surface area contributed by atoms with Crippen LogP contribution in [0.4, 0.5) is 10.1 Å². The van der Waals surface area contributed by atoms with Crippen LogP contribution in [0.25, 0.3) is 0 Å². The lowest BCUT2D eigenvalue weighted by Gasteiger charge is -2.21. The Morgan fingerprint density at radius 2 is 1.85 bits per heavy atom. The van der Waals surface area contributed by atoms with Gasteiger partial charge in [-0.3, -0.25) is 9.59 Å².